The highest BCUT2D eigenvalue weighted by Gasteiger charge is 2.68. The SMILES string of the molecule is CN(C=N)C(=N)C1(c2cccc(N3Cc4c(Cl)cc(CNC5CC(C)(C)C5)cc4C3=O)c2)CC2(CC(F)(F)C2)C1. The fourth-order valence-electron chi connectivity index (χ4n) is 7.82. The summed E-state index contributed by atoms with van der Waals surface area (Å²) in [4.78, 5) is 16.8. The Morgan fingerprint density at radius 2 is 1.88 bits per heavy atom. The van der Waals surface area contributed by atoms with Gasteiger partial charge in [-0.2, -0.15) is 0 Å². The summed E-state index contributed by atoms with van der Waals surface area (Å²) in [5.41, 5.74) is 3.03. The summed E-state index contributed by atoms with van der Waals surface area (Å²) in [5, 5.41) is 20.7. The fourth-order valence-corrected chi connectivity index (χ4v) is 8.12. The summed E-state index contributed by atoms with van der Waals surface area (Å²) < 4.78 is 27.6. The van der Waals surface area contributed by atoms with Crippen molar-refractivity contribution in [1.82, 2.24) is 10.2 Å². The van der Waals surface area contributed by atoms with Crippen molar-refractivity contribution in [3.8, 4) is 0 Å². The van der Waals surface area contributed by atoms with E-state index in [0.717, 1.165) is 35.9 Å². The highest BCUT2D eigenvalue weighted by Crippen LogP contribution is 2.69. The Morgan fingerprint density at radius 1 is 1.18 bits per heavy atom. The molecule has 1 heterocycles. The molecule has 0 aromatic heterocycles. The number of rotatable bonds is 7. The first kappa shape index (κ1) is 27.3. The van der Waals surface area contributed by atoms with Gasteiger partial charge in [-0.05, 0) is 71.9 Å². The van der Waals surface area contributed by atoms with E-state index in [1.165, 1.54) is 4.90 Å². The van der Waals surface area contributed by atoms with Crippen molar-refractivity contribution in [3.63, 3.8) is 0 Å². The van der Waals surface area contributed by atoms with Gasteiger partial charge in [0.05, 0.1) is 18.3 Å². The summed E-state index contributed by atoms with van der Waals surface area (Å²) in [7, 11) is 1.64. The van der Waals surface area contributed by atoms with Crippen molar-refractivity contribution in [2.75, 3.05) is 11.9 Å². The smallest absolute Gasteiger partial charge is 0.258 e. The summed E-state index contributed by atoms with van der Waals surface area (Å²) in [6.07, 6.45) is 3.90. The van der Waals surface area contributed by atoms with Gasteiger partial charge in [-0.1, -0.05) is 37.6 Å². The van der Waals surface area contributed by atoms with Gasteiger partial charge in [0.15, 0.2) is 0 Å². The Labute approximate surface area is 239 Å². The monoisotopic (exact) mass is 567 g/mol. The fraction of sp³-hybridized carbons (Fsp3) is 0.516. The second kappa shape index (κ2) is 9.08. The molecule has 4 aliphatic rings. The minimum atomic E-state index is -2.64. The van der Waals surface area contributed by atoms with Crippen LogP contribution in [0, 0.1) is 21.6 Å². The Bertz CT molecular complexity index is 1400. The lowest BCUT2D eigenvalue weighted by atomic mass is 9.42. The van der Waals surface area contributed by atoms with Crippen molar-refractivity contribution < 1.29 is 13.6 Å². The van der Waals surface area contributed by atoms with E-state index < -0.39 is 16.8 Å². The van der Waals surface area contributed by atoms with Crippen LogP contribution in [0.25, 0.3) is 0 Å². The second-order valence-corrected chi connectivity index (χ2v) is 13.8. The molecule has 1 amide bonds. The molecule has 1 spiro atoms. The molecule has 0 radical (unpaired) electrons. The minimum absolute atomic E-state index is 0.120. The zero-order valence-electron chi connectivity index (χ0n) is 23.2. The van der Waals surface area contributed by atoms with Crippen LogP contribution in [0.4, 0.5) is 14.5 Å². The number of carbonyl (C=O) groups is 1. The lowest BCUT2D eigenvalue weighted by Gasteiger charge is -2.63. The van der Waals surface area contributed by atoms with E-state index in [0.29, 0.717) is 53.7 Å². The zero-order valence-corrected chi connectivity index (χ0v) is 24.0. The lowest BCUT2D eigenvalue weighted by molar-refractivity contribution is -0.205. The molecule has 0 saturated heterocycles. The van der Waals surface area contributed by atoms with Crippen LogP contribution in [0.15, 0.2) is 36.4 Å². The van der Waals surface area contributed by atoms with Crippen molar-refractivity contribution in [2.45, 2.75) is 82.8 Å². The molecule has 6 rings (SSSR count). The molecule has 0 bridgehead atoms. The Morgan fingerprint density at radius 3 is 2.50 bits per heavy atom. The molecular formula is C31H36ClF2N5O. The Hall–Kier alpha value is -2.84. The van der Waals surface area contributed by atoms with E-state index in [-0.39, 0.29) is 24.6 Å². The number of halogens is 3. The summed E-state index contributed by atoms with van der Waals surface area (Å²) in [6, 6.07) is 11.9. The third-order valence-corrected chi connectivity index (χ3v) is 9.91. The molecule has 0 atom stereocenters. The largest absolute Gasteiger partial charge is 0.324 e. The maximum absolute atomic E-state index is 13.8. The number of amidine groups is 1. The molecule has 9 heteroatoms. The first-order valence-corrected chi connectivity index (χ1v) is 14.3. The van der Waals surface area contributed by atoms with Crippen molar-refractivity contribution in [3.05, 3.63) is 63.7 Å². The summed E-state index contributed by atoms with van der Waals surface area (Å²) in [6.45, 7) is 5.54. The van der Waals surface area contributed by atoms with Gasteiger partial charge >= 0.3 is 0 Å². The van der Waals surface area contributed by atoms with E-state index in [9.17, 15) is 13.6 Å². The molecule has 3 N–H and O–H groups in total. The van der Waals surface area contributed by atoms with E-state index in [1.54, 1.807) is 11.9 Å². The minimum Gasteiger partial charge on any atom is -0.324 e. The van der Waals surface area contributed by atoms with E-state index in [2.05, 4.69) is 19.2 Å². The normalized spacial score (nSPS) is 23.1. The van der Waals surface area contributed by atoms with Crippen LogP contribution in [0.1, 0.15) is 79.4 Å². The molecule has 3 aliphatic carbocycles. The standard InChI is InChI=1S/C31H36ClF2N5O/c1-28(2)10-21(11-28)37-12-19-7-23-24(25(32)8-19)13-39(26(23)40)22-6-4-5-20(9-22)30(27(36)38(3)18-35)14-29(15-30)16-31(33,34)17-29/h4-9,18,21,35-37H,10-17H2,1-3H3. The molecule has 2 aromatic carbocycles. The molecule has 40 heavy (non-hydrogen) atoms. The van der Waals surface area contributed by atoms with E-state index in [4.69, 9.17) is 22.4 Å². The predicted octanol–water partition coefficient (Wildman–Crippen LogP) is 6.74. The number of fused-ring (bicyclic) bond motifs is 1. The molecule has 2 aromatic rings. The van der Waals surface area contributed by atoms with Crippen LogP contribution in [-0.4, -0.2) is 42.0 Å². The second-order valence-electron chi connectivity index (χ2n) is 13.4. The molecular weight excluding hydrogens is 532 g/mol. The van der Waals surface area contributed by atoms with Gasteiger partial charge in [-0.3, -0.25) is 15.6 Å². The number of benzene rings is 2. The van der Waals surface area contributed by atoms with Gasteiger partial charge in [0.1, 0.15) is 5.84 Å². The zero-order chi connectivity index (χ0) is 28.7. The molecule has 3 saturated carbocycles. The number of anilines is 1. The van der Waals surface area contributed by atoms with Crippen molar-refractivity contribution in [1.29, 1.82) is 10.8 Å². The van der Waals surface area contributed by atoms with Crippen LogP contribution in [0.5, 0.6) is 0 Å². The first-order chi connectivity index (χ1) is 18.8. The topological polar surface area (TPSA) is 83.3 Å². The highest BCUT2D eigenvalue weighted by molar-refractivity contribution is 6.32. The van der Waals surface area contributed by atoms with Gasteiger partial charge < -0.3 is 15.1 Å². The number of nitrogens with zero attached hydrogens (tertiary/aromatic N) is 2. The Kier molecular flexibility index (Phi) is 6.21. The average Bonchev–Trinajstić information content (AvgIpc) is 3.19. The van der Waals surface area contributed by atoms with Crippen molar-refractivity contribution in [2.24, 2.45) is 10.8 Å². The van der Waals surface area contributed by atoms with E-state index in [1.807, 2.05) is 36.4 Å². The van der Waals surface area contributed by atoms with Crippen LogP contribution in [-0.2, 0) is 18.5 Å². The maximum atomic E-state index is 13.8. The molecule has 3 fully saturated rings. The number of hydrogen-bond acceptors (Lipinski definition) is 4. The Balaban J connectivity index is 1.24. The van der Waals surface area contributed by atoms with Gasteiger partial charge in [-0.25, -0.2) is 8.78 Å². The van der Waals surface area contributed by atoms with Gasteiger partial charge in [0, 0.05) is 54.3 Å². The first-order valence-electron chi connectivity index (χ1n) is 13.9. The third kappa shape index (κ3) is 4.44. The predicted molar refractivity (Wildman–Crippen MR) is 154 cm³/mol. The quantitative estimate of drug-likeness (QED) is 0.256. The average molecular weight is 568 g/mol. The molecule has 0 unspecified atom stereocenters. The number of nitrogens with one attached hydrogen (secondary N) is 3. The van der Waals surface area contributed by atoms with Gasteiger partial charge in [0.25, 0.3) is 5.91 Å². The molecule has 6 nitrogen and oxygen atoms in total. The lowest BCUT2D eigenvalue weighted by Crippen LogP contribution is -2.64. The molecule has 1 aliphatic heterocycles. The number of hydrogen-bond donors (Lipinski definition) is 3. The van der Waals surface area contributed by atoms with Crippen molar-refractivity contribution >= 4 is 35.4 Å². The number of alkyl halides is 2. The van der Waals surface area contributed by atoms with Gasteiger partial charge in [0.2, 0.25) is 5.92 Å². The van der Waals surface area contributed by atoms with Crippen LogP contribution >= 0.6 is 11.6 Å². The number of amides is 1. The highest BCUT2D eigenvalue weighted by atomic mass is 35.5. The van der Waals surface area contributed by atoms with E-state index >= 15 is 0 Å². The third-order valence-electron chi connectivity index (χ3n) is 9.57. The maximum Gasteiger partial charge on any atom is 0.258 e. The molecule has 212 valence electrons. The van der Waals surface area contributed by atoms with Crippen LogP contribution < -0.4 is 10.2 Å². The summed E-state index contributed by atoms with van der Waals surface area (Å²) >= 11 is 6.68. The van der Waals surface area contributed by atoms with Crippen LogP contribution in [0.3, 0.4) is 0 Å². The van der Waals surface area contributed by atoms with Gasteiger partial charge in [-0.15, -0.1) is 0 Å². The number of carbonyl (C=O) groups excluding carboxylic acids is 1. The van der Waals surface area contributed by atoms with Crippen LogP contribution in [0.2, 0.25) is 5.02 Å². The number of likely N-dealkylation sites (N-methyl/N-ethyl adjacent to an activating group) is 1. The summed E-state index contributed by atoms with van der Waals surface area (Å²) in [5.74, 6) is -2.55.